The van der Waals surface area contributed by atoms with Gasteiger partial charge in [-0.05, 0) is 32.9 Å². The van der Waals surface area contributed by atoms with Gasteiger partial charge in [0.05, 0.1) is 0 Å². The lowest BCUT2D eigenvalue weighted by Crippen LogP contribution is -2.39. The van der Waals surface area contributed by atoms with E-state index < -0.39 is 29.7 Å². The van der Waals surface area contributed by atoms with Crippen molar-refractivity contribution in [2.45, 2.75) is 38.6 Å². The van der Waals surface area contributed by atoms with Crippen LogP contribution in [0.5, 0.6) is 0 Å². The summed E-state index contributed by atoms with van der Waals surface area (Å²) >= 11 is 5.61. The number of ether oxygens (including phenoxy) is 1. The van der Waals surface area contributed by atoms with Crippen LogP contribution in [0.15, 0.2) is 18.2 Å². The fourth-order valence-electron chi connectivity index (χ4n) is 1.56. The predicted octanol–water partition coefficient (Wildman–Crippen LogP) is 2.40. The zero-order chi connectivity index (χ0) is 16.2. The number of aliphatic hydroxyl groups is 2. The van der Waals surface area contributed by atoms with Crippen LogP contribution in [0.3, 0.4) is 0 Å². The van der Waals surface area contributed by atoms with Gasteiger partial charge in [0.15, 0.2) is 0 Å². The number of alkyl carbamates (subject to hydrolysis) is 1. The Hall–Kier alpha value is -1.37. The molecule has 1 amide bonds. The van der Waals surface area contributed by atoms with Gasteiger partial charge in [-0.25, -0.2) is 9.18 Å². The fraction of sp³-hybridized carbons (Fsp3) is 0.500. The van der Waals surface area contributed by atoms with Crippen molar-refractivity contribution in [1.29, 1.82) is 0 Å². The van der Waals surface area contributed by atoms with E-state index in [1.54, 1.807) is 20.8 Å². The Morgan fingerprint density at radius 3 is 2.57 bits per heavy atom. The standard InChI is InChI=1S/C14H19ClFNO4/c1-14(2,3)21-13(20)17-7-11(18)12(19)9-5-4-8(15)6-10(9)16/h4-6,11-12,18-19H,7H2,1-3H3,(H,17,20). The summed E-state index contributed by atoms with van der Waals surface area (Å²) in [5.41, 5.74) is -0.770. The maximum Gasteiger partial charge on any atom is 0.407 e. The Kier molecular flexibility index (Phi) is 5.95. The van der Waals surface area contributed by atoms with E-state index in [4.69, 9.17) is 16.3 Å². The largest absolute Gasteiger partial charge is 0.444 e. The van der Waals surface area contributed by atoms with E-state index >= 15 is 0 Å². The molecule has 0 fully saturated rings. The van der Waals surface area contributed by atoms with Gasteiger partial charge < -0.3 is 20.3 Å². The van der Waals surface area contributed by atoms with Crippen molar-refractivity contribution in [2.24, 2.45) is 0 Å². The number of hydrogen-bond acceptors (Lipinski definition) is 4. The molecule has 2 atom stereocenters. The van der Waals surface area contributed by atoms with E-state index in [9.17, 15) is 19.4 Å². The number of amides is 1. The first kappa shape index (κ1) is 17.7. The van der Waals surface area contributed by atoms with Crippen LogP contribution in [0.25, 0.3) is 0 Å². The average Bonchev–Trinajstić information content (AvgIpc) is 2.33. The number of hydrogen-bond donors (Lipinski definition) is 3. The summed E-state index contributed by atoms with van der Waals surface area (Å²) in [7, 11) is 0. The van der Waals surface area contributed by atoms with E-state index in [2.05, 4.69) is 5.32 Å². The minimum atomic E-state index is -1.49. The third kappa shape index (κ3) is 5.87. The molecule has 0 saturated heterocycles. The van der Waals surface area contributed by atoms with Crippen LogP contribution in [0.1, 0.15) is 32.4 Å². The SMILES string of the molecule is CC(C)(C)OC(=O)NCC(O)C(O)c1ccc(Cl)cc1F. The molecule has 7 heteroatoms. The van der Waals surface area contributed by atoms with Crippen LogP contribution < -0.4 is 5.32 Å². The van der Waals surface area contributed by atoms with Crippen LogP contribution in [-0.4, -0.2) is 34.6 Å². The highest BCUT2D eigenvalue weighted by Gasteiger charge is 2.23. The number of carbonyl (C=O) groups excluding carboxylic acids is 1. The number of carbonyl (C=O) groups is 1. The fourth-order valence-corrected chi connectivity index (χ4v) is 1.72. The Labute approximate surface area is 127 Å². The van der Waals surface area contributed by atoms with Crippen molar-refractivity contribution >= 4 is 17.7 Å². The van der Waals surface area contributed by atoms with Crippen molar-refractivity contribution in [3.8, 4) is 0 Å². The lowest BCUT2D eigenvalue weighted by molar-refractivity contribution is 0.0113. The molecule has 5 nitrogen and oxygen atoms in total. The summed E-state index contributed by atoms with van der Waals surface area (Å²) in [4.78, 5) is 11.4. The quantitative estimate of drug-likeness (QED) is 0.796. The minimum absolute atomic E-state index is 0.0992. The van der Waals surface area contributed by atoms with Crippen LogP contribution in [0.2, 0.25) is 5.02 Å². The minimum Gasteiger partial charge on any atom is -0.444 e. The van der Waals surface area contributed by atoms with Gasteiger partial charge in [0.1, 0.15) is 23.6 Å². The molecule has 1 rings (SSSR count). The predicted molar refractivity (Wildman–Crippen MR) is 76.6 cm³/mol. The Balaban J connectivity index is 2.59. The lowest BCUT2D eigenvalue weighted by atomic mass is 10.0. The van der Waals surface area contributed by atoms with E-state index in [-0.39, 0.29) is 17.1 Å². The number of benzene rings is 1. The van der Waals surface area contributed by atoms with Gasteiger partial charge in [0.2, 0.25) is 0 Å². The molecule has 0 aliphatic rings. The zero-order valence-corrected chi connectivity index (χ0v) is 12.8. The molecule has 0 bridgehead atoms. The monoisotopic (exact) mass is 319 g/mol. The molecule has 2 unspecified atom stereocenters. The van der Waals surface area contributed by atoms with Gasteiger partial charge in [-0.1, -0.05) is 17.7 Å². The molecule has 0 saturated carbocycles. The first-order valence-electron chi connectivity index (χ1n) is 6.38. The molecular weight excluding hydrogens is 301 g/mol. The molecule has 0 spiro atoms. The molecule has 0 aliphatic heterocycles. The summed E-state index contributed by atoms with van der Waals surface area (Å²) in [5.74, 6) is -0.730. The number of aliphatic hydroxyl groups excluding tert-OH is 2. The number of rotatable bonds is 4. The third-order valence-electron chi connectivity index (χ3n) is 2.50. The Morgan fingerprint density at radius 1 is 1.43 bits per heavy atom. The molecule has 3 N–H and O–H groups in total. The Morgan fingerprint density at radius 2 is 2.05 bits per heavy atom. The van der Waals surface area contributed by atoms with Gasteiger partial charge in [0.25, 0.3) is 0 Å². The van der Waals surface area contributed by atoms with Crippen molar-refractivity contribution in [3.05, 3.63) is 34.6 Å². The van der Waals surface area contributed by atoms with Gasteiger partial charge in [0, 0.05) is 17.1 Å². The molecule has 0 aromatic heterocycles. The molecule has 0 aliphatic carbocycles. The maximum atomic E-state index is 13.6. The summed E-state index contributed by atoms with van der Waals surface area (Å²) in [6.07, 6.45) is -3.60. The average molecular weight is 320 g/mol. The summed E-state index contributed by atoms with van der Waals surface area (Å²) in [6, 6.07) is 3.71. The normalized spacial score (nSPS) is 14.4. The van der Waals surface area contributed by atoms with Crippen LogP contribution >= 0.6 is 11.6 Å². The lowest BCUT2D eigenvalue weighted by Gasteiger charge is -2.22. The van der Waals surface area contributed by atoms with Crippen LogP contribution in [0.4, 0.5) is 9.18 Å². The van der Waals surface area contributed by atoms with Gasteiger partial charge >= 0.3 is 6.09 Å². The van der Waals surface area contributed by atoms with Crippen molar-refractivity contribution in [2.75, 3.05) is 6.54 Å². The molecule has 1 aromatic rings. The van der Waals surface area contributed by atoms with Crippen molar-refractivity contribution < 1.29 is 24.1 Å². The van der Waals surface area contributed by atoms with E-state index in [1.807, 2.05) is 0 Å². The molecule has 0 radical (unpaired) electrons. The third-order valence-corrected chi connectivity index (χ3v) is 2.74. The van der Waals surface area contributed by atoms with Crippen molar-refractivity contribution in [3.63, 3.8) is 0 Å². The van der Waals surface area contributed by atoms with Crippen LogP contribution in [-0.2, 0) is 4.74 Å². The molecule has 1 aromatic carbocycles. The first-order valence-corrected chi connectivity index (χ1v) is 6.76. The number of halogens is 2. The van der Waals surface area contributed by atoms with Gasteiger partial charge in [-0.2, -0.15) is 0 Å². The molecule has 0 heterocycles. The zero-order valence-electron chi connectivity index (χ0n) is 12.1. The summed E-state index contributed by atoms with van der Waals surface area (Å²) in [6.45, 7) is 4.81. The first-order chi connectivity index (χ1) is 9.60. The maximum absolute atomic E-state index is 13.6. The van der Waals surface area contributed by atoms with Gasteiger partial charge in [-0.15, -0.1) is 0 Å². The smallest absolute Gasteiger partial charge is 0.407 e. The van der Waals surface area contributed by atoms with E-state index in [0.29, 0.717) is 0 Å². The number of nitrogens with one attached hydrogen (secondary N) is 1. The van der Waals surface area contributed by atoms with E-state index in [1.165, 1.54) is 12.1 Å². The Bertz CT molecular complexity index is 504. The highest BCUT2D eigenvalue weighted by atomic mass is 35.5. The summed E-state index contributed by atoms with van der Waals surface area (Å²) in [5, 5.41) is 22.2. The molecule has 21 heavy (non-hydrogen) atoms. The van der Waals surface area contributed by atoms with E-state index in [0.717, 1.165) is 6.07 Å². The van der Waals surface area contributed by atoms with Gasteiger partial charge in [-0.3, -0.25) is 0 Å². The van der Waals surface area contributed by atoms with Crippen LogP contribution in [0, 0.1) is 5.82 Å². The molecule has 118 valence electrons. The molecular formula is C14H19ClFNO4. The van der Waals surface area contributed by atoms with Crippen molar-refractivity contribution in [1.82, 2.24) is 5.32 Å². The highest BCUT2D eigenvalue weighted by Crippen LogP contribution is 2.23. The second-order valence-electron chi connectivity index (χ2n) is 5.56. The summed E-state index contributed by atoms with van der Waals surface area (Å²) < 4.78 is 18.6. The second-order valence-corrected chi connectivity index (χ2v) is 6.00. The topological polar surface area (TPSA) is 78.8 Å². The highest BCUT2D eigenvalue weighted by molar-refractivity contribution is 6.30. The second kappa shape index (κ2) is 7.06.